The molecule has 1 aromatic heterocycles. The number of amides is 1. The Morgan fingerprint density at radius 3 is 2.57 bits per heavy atom. The van der Waals surface area contributed by atoms with Gasteiger partial charge in [0.25, 0.3) is 15.9 Å². The molecule has 3 N–H and O–H groups in total. The number of halogens is 1. The molecule has 0 bridgehead atoms. The zero-order valence-electron chi connectivity index (χ0n) is 17.0. The molecule has 0 spiro atoms. The molecule has 3 rings (SSSR count). The zero-order valence-corrected chi connectivity index (χ0v) is 18.6. The molecular formula is C20H26ClN5O3S. The summed E-state index contributed by atoms with van der Waals surface area (Å²) >= 11 is 5.84. The lowest BCUT2D eigenvalue weighted by atomic mass is 10.1. The summed E-state index contributed by atoms with van der Waals surface area (Å²) in [4.78, 5) is 19.5. The number of hydrogen-bond donors (Lipinski definition) is 3. The van der Waals surface area contributed by atoms with E-state index < -0.39 is 10.0 Å². The van der Waals surface area contributed by atoms with Crippen molar-refractivity contribution < 1.29 is 13.2 Å². The number of nitrogens with one attached hydrogen (secondary N) is 3. The monoisotopic (exact) mass is 451 g/mol. The minimum atomic E-state index is -3.84. The first-order valence-electron chi connectivity index (χ1n) is 9.85. The van der Waals surface area contributed by atoms with Crippen LogP contribution in [0, 0.1) is 0 Å². The van der Waals surface area contributed by atoms with Crippen LogP contribution in [-0.4, -0.2) is 51.5 Å². The van der Waals surface area contributed by atoms with E-state index in [-0.39, 0.29) is 22.5 Å². The maximum absolute atomic E-state index is 12.9. The largest absolute Gasteiger partial charge is 0.353 e. The second kappa shape index (κ2) is 9.63. The molecule has 30 heavy (non-hydrogen) atoms. The molecule has 162 valence electrons. The molecule has 8 nitrogen and oxygen atoms in total. The Balaban J connectivity index is 1.92. The summed E-state index contributed by atoms with van der Waals surface area (Å²) in [5.41, 5.74) is 0.562. The lowest BCUT2D eigenvalue weighted by Crippen LogP contribution is -2.45. The third kappa shape index (κ3) is 5.41. The predicted octanol–water partition coefficient (Wildman–Crippen LogP) is 2.47. The van der Waals surface area contributed by atoms with Crippen molar-refractivity contribution in [3.05, 3.63) is 47.1 Å². The highest BCUT2D eigenvalue weighted by Crippen LogP contribution is 2.24. The summed E-state index contributed by atoms with van der Waals surface area (Å²) in [6.07, 6.45) is 2.22. The van der Waals surface area contributed by atoms with Gasteiger partial charge in [0.1, 0.15) is 5.82 Å². The number of piperazine rings is 1. The number of carbonyl (C=O) groups excluding carboxylic acids is 1. The lowest BCUT2D eigenvalue weighted by molar-refractivity contribution is 0.0939. The van der Waals surface area contributed by atoms with Gasteiger partial charge in [0.2, 0.25) is 0 Å². The smallest absolute Gasteiger partial charge is 0.261 e. The number of benzene rings is 1. The third-order valence-corrected chi connectivity index (χ3v) is 6.54. The van der Waals surface area contributed by atoms with E-state index in [0.29, 0.717) is 29.5 Å². The van der Waals surface area contributed by atoms with E-state index in [2.05, 4.69) is 20.3 Å². The molecule has 1 saturated heterocycles. The molecule has 0 radical (unpaired) electrons. The summed E-state index contributed by atoms with van der Waals surface area (Å²) in [7, 11) is -3.84. The van der Waals surface area contributed by atoms with E-state index in [1.54, 1.807) is 0 Å². The van der Waals surface area contributed by atoms with Gasteiger partial charge in [-0.1, -0.05) is 18.5 Å². The highest BCUT2D eigenvalue weighted by molar-refractivity contribution is 7.92. The zero-order chi connectivity index (χ0) is 21.7. The van der Waals surface area contributed by atoms with Gasteiger partial charge in [-0.05, 0) is 43.7 Å². The van der Waals surface area contributed by atoms with Gasteiger partial charge in [0.05, 0.1) is 22.3 Å². The van der Waals surface area contributed by atoms with Gasteiger partial charge >= 0.3 is 0 Å². The molecule has 0 saturated carbocycles. The number of rotatable bonds is 7. The fourth-order valence-electron chi connectivity index (χ4n) is 3.04. The normalized spacial score (nSPS) is 15.5. The topological polar surface area (TPSA) is 103 Å². The summed E-state index contributed by atoms with van der Waals surface area (Å²) in [5, 5.41) is 6.65. The molecular weight excluding hydrogens is 426 g/mol. The average molecular weight is 452 g/mol. The van der Waals surface area contributed by atoms with Crippen molar-refractivity contribution in [3.63, 3.8) is 0 Å². The SMILES string of the molecule is CCC(C)NC(=O)c1cc(NS(=O)(=O)c2ccc(Cl)cc2)cnc1N1CCNCC1. The van der Waals surface area contributed by atoms with Crippen molar-refractivity contribution in [1.82, 2.24) is 15.6 Å². The van der Waals surface area contributed by atoms with Crippen molar-refractivity contribution in [2.24, 2.45) is 0 Å². The number of sulfonamides is 1. The van der Waals surface area contributed by atoms with E-state index in [1.165, 1.54) is 36.5 Å². The predicted molar refractivity (Wildman–Crippen MR) is 119 cm³/mol. The van der Waals surface area contributed by atoms with E-state index in [9.17, 15) is 13.2 Å². The standard InChI is InChI=1S/C20H26ClN5O3S/c1-3-14(2)24-20(27)18-12-16(13-23-19(18)26-10-8-22-9-11-26)25-30(28,29)17-6-4-15(21)5-7-17/h4-7,12-14,22,25H,3,8-11H2,1-2H3,(H,24,27). The number of pyridine rings is 1. The average Bonchev–Trinajstić information content (AvgIpc) is 2.74. The minimum Gasteiger partial charge on any atom is -0.353 e. The maximum atomic E-state index is 12.9. The molecule has 10 heteroatoms. The van der Waals surface area contributed by atoms with E-state index >= 15 is 0 Å². The van der Waals surface area contributed by atoms with Crippen molar-refractivity contribution in [2.75, 3.05) is 35.8 Å². The summed E-state index contributed by atoms with van der Waals surface area (Å²) < 4.78 is 27.9. The van der Waals surface area contributed by atoms with Crippen molar-refractivity contribution in [2.45, 2.75) is 31.2 Å². The lowest BCUT2D eigenvalue weighted by Gasteiger charge is -2.30. The minimum absolute atomic E-state index is 0.0113. The van der Waals surface area contributed by atoms with Gasteiger partial charge in [0, 0.05) is 37.2 Å². The van der Waals surface area contributed by atoms with E-state index in [4.69, 9.17) is 11.6 Å². The van der Waals surface area contributed by atoms with Crippen LogP contribution in [0.4, 0.5) is 11.5 Å². The second-order valence-corrected chi connectivity index (χ2v) is 9.29. The number of anilines is 2. The molecule has 2 aromatic rings. The van der Waals surface area contributed by atoms with Crippen LogP contribution in [0.1, 0.15) is 30.6 Å². The van der Waals surface area contributed by atoms with Gasteiger partial charge in [-0.25, -0.2) is 13.4 Å². The second-order valence-electron chi connectivity index (χ2n) is 7.17. The Labute approximate surface area is 182 Å². The van der Waals surface area contributed by atoms with Crippen LogP contribution in [0.3, 0.4) is 0 Å². The molecule has 1 atom stereocenters. The summed E-state index contributed by atoms with van der Waals surface area (Å²) in [5.74, 6) is 0.268. The van der Waals surface area contributed by atoms with Crippen LogP contribution < -0.4 is 20.3 Å². The summed E-state index contributed by atoms with van der Waals surface area (Å²) in [6.45, 7) is 6.91. The molecule has 2 heterocycles. The Morgan fingerprint density at radius 1 is 1.27 bits per heavy atom. The molecule has 1 unspecified atom stereocenters. The Bertz CT molecular complexity index is 992. The first-order chi connectivity index (χ1) is 14.3. The van der Waals surface area contributed by atoms with Crippen LogP contribution in [0.2, 0.25) is 5.02 Å². The number of nitrogens with zero attached hydrogens (tertiary/aromatic N) is 2. The fraction of sp³-hybridized carbons (Fsp3) is 0.400. The van der Waals surface area contributed by atoms with Crippen LogP contribution in [-0.2, 0) is 10.0 Å². The van der Waals surface area contributed by atoms with Gasteiger partial charge < -0.3 is 15.5 Å². The van der Waals surface area contributed by atoms with E-state index in [1.807, 2.05) is 18.7 Å². The Kier molecular flexibility index (Phi) is 7.17. The van der Waals surface area contributed by atoms with Gasteiger partial charge in [-0.15, -0.1) is 0 Å². The van der Waals surface area contributed by atoms with Crippen LogP contribution in [0.15, 0.2) is 41.4 Å². The quantitative estimate of drug-likeness (QED) is 0.597. The Hall–Kier alpha value is -2.36. The molecule has 1 aliphatic rings. The molecule has 1 amide bonds. The van der Waals surface area contributed by atoms with Crippen LogP contribution >= 0.6 is 11.6 Å². The highest BCUT2D eigenvalue weighted by Gasteiger charge is 2.23. The molecule has 0 aliphatic carbocycles. The molecule has 1 fully saturated rings. The number of hydrogen-bond acceptors (Lipinski definition) is 6. The first kappa shape index (κ1) is 22.3. The number of carbonyl (C=O) groups is 1. The van der Waals surface area contributed by atoms with Crippen molar-refractivity contribution in [1.29, 1.82) is 0 Å². The van der Waals surface area contributed by atoms with Gasteiger partial charge in [-0.2, -0.15) is 0 Å². The van der Waals surface area contributed by atoms with Crippen molar-refractivity contribution in [3.8, 4) is 0 Å². The first-order valence-corrected chi connectivity index (χ1v) is 11.7. The molecule has 1 aliphatic heterocycles. The van der Waals surface area contributed by atoms with Gasteiger partial charge in [-0.3, -0.25) is 9.52 Å². The summed E-state index contributed by atoms with van der Waals surface area (Å²) in [6, 6.07) is 7.38. The number of aromatic nitrogens is 1. The third-order valence-electron chi connectivity index (χ3n) is 4.89. The fourth-order valence-corrected chi connectivity index (χ4v) is 4.20. The van der Waals surface area contributed by atoms with Crippen LogP contribution in [0.25, 0.3) is 0 Å². The highest BCUT2D eigenvalue weighted by atomic mass is 35.5. The van der Waals surface area contributed by atoms with Crippen molar-refractivity contribution >= 4 is 39.0 Å². The maximum Gasteiger partial charge on any atom is 0.261 e. The van der Waals surface area contributed by atoms with E-state index in [0.717, 1.165) is 19.5 Å². The molecule has 1 aromatic carbocycles. The Morgan fingerprint density at radius 2 is 1.93 bits per heavy atom. The van der Waals surface area contributed by atoms with Crippen LogP contribution in [0.5, 0.6) is 0 Å². The van der Waals surface area contributed by atoms with Gasteiger partial charge in [0.15, 0.2) is 0 Å².